The lowest BCUT2D eigenvalue weighted by atomic mass is 10.1. The maximum atomic E-state index is 5.29. The van der Waals surface area contributed by atoms with Crippen LogP contribution in [0.3, 0.4) is 0 Å². The molecule has 1 unspecified atom stereocenters. The van der Waals surface area contributed by atoms with E-state index in [-0.39, 0.29) is 0 Å². The fourth-order valence-electron chi connectivity index (χ4n) is 1.72. The second-order valence-corrected chi connectivity index (χ2v) is 3.62. The molecule has 0 amide bonds. The summed E-state index contributed by atoms with van der Waals surface area (Å²) in [5.41, 5.74) is 0. The van der Waals surface area contributed by atoms with Crippen LogP contribution in [0.5, 0.6) is 0 Å². The highest BCUT2D eigenvalue weighted by Crippen LogP contribution is 2.05. The summed E-state index contributed by atoms with van der Waals surface area (Å²) >= 11 is 0. The van der Waals surface area contributed by atoms with E-state index in [9.17, 15) is 0 Å². The number of hydrogen-bond acceptors (Lipinski definition) is 4. The normalized spacial score (nSPS) is 28.6. The van der Waals surface area contributed by atoms with Crippen molar-refractivity contribution in [2.75, 3.05) is 39.4 Å². The molecule has 0 aromatic carbocycles. The molecule has 2 heterocycles. The molecule has 1 saturated heterocycles. The largest absolute Gasteiger partial charge is 0.372 e. The lowest BCUT2D eigenvalue weighted by Gasteiger charge is -2.16. The van der Waals surface area contributed by atoms with Gasteiger partial charge in [0.15, 0.2) is 0 Å². The molecule has 2 rings (SSSR count). The van der Waals surface area contributed by atoms with Crippen LogP contribution >= 0.6 is 0 Å². The summed E-state index contributed by atoms with van der Waals surface area (Å²) in [6.45, 7) is 5.59. The molecule has 4 heteroatoms. The molecule has 0 aromatic heterocycles. The van der Waals surface area contributed by atoms with Gasteiger partial charge in [0.25, 0.3) is 0 Å². The van der Waals surface area contributed by atoms with E-state index in [1.54, 1.807) is 0 Å². The monoisotopic (exact) mass is 183 g/mol. The van der Waals surface area contributed by atoms with E-state index in [2.05, 4.69) is 15.6 Å². The van der Waals surface area contributed by atoms with Gasteiger partial charge in [-0.2, -0.15) is 0 Å². The van der Waals surface area contributed by atoms with Crippen molar-refractivity contribution in [3.05, 3.63) is 0 Å². The van der Waals surface area contributed by atoms with Crippen LogP contribution in [0.2, 0.25) is 0 Å². The van der Waals surface area contributed by atoms with Crippen molar-refractivity contribution in [3.8, 4) is 0 Å². The minimum atomic E-state index is 0.667. The molecule has 0 saturated carbocycles. The van der Waals surface area contributed by atoms with Gasteiger partial charge >= 0.3 is 0 Å². The van der Waals surface area contributed by atoms with Gasteiger partial charge in [0, 0.05) is 6.54 Å². The van der Waals surface area contributed by atoms with Crippen molar-refractivity contribution in [2.24, 2.45) is 10.9 Å². The quantitative estimate of drug-likeness (QED) is 0.613. The van der Waals surface area contributed by atoms with Crippen molar-refractivity contribution >= 4 is 5.84 Å². The molecule has 2 aliphatic heterocycles. The first-order valence-electron chi connectivity index (χ1n) is 5.01. The third kappa shape index (κ3) is 2.67. The van der Waals surface area contributed by atoms with Crippen LogP contribution in [0.15, 0.2) is 4.99 Å². The van der Waals surface area contributed by atoms with Crippen LogP contribution < -0.4 is 10.6 Å². The van der Waals surface area contributed by atoms with Crippen molar-refractivity contribution in [1.82, 2.24) is 10.6 Å². The van der Waals surface area contributed by atoms with Crippen molar-refractivity contribution < 1.29 is 4.74 Å². The van der Waals surface area contributed by atoms with Crippen LogP contribution in [0.25, 0.3) is 0 Å². The molecule has 0 aliphatic carbocycles. The maximum absolute atomic E-state index is 5.29. The lowest BCUT2D eigenvalue weighted by molar-refractivity contribution is 0.168. The van der Waals surface area contributed by atoms with Gasteiger partial charge in [-0.25, -0.2) is 0 Å². The standard InChI is InChI=1S/C9H17N3O/c1-2-10-5-8(1)6-12-9-7-13-4-3-11-9/h8,10H,1-7H2,(H,11,12). The van der Waals surface area contributed by atoms with Crippen molar-refractivity contribution in [1.29, 1.82) is 0 Å². The molecular weight excluding hydrogens is 166 g/mol. The minimum Gasteiger partial charge on any atom is -0.372 e. The van der Waals surface area contributed by atoms with E-state index in [0.717, 1.165) is 44.5 Å². The molecule has 74 valence electrons. The third-order valence-electron chi connectivity index (χ3n) is 2.53. The Bertz CT molecular complexity index is 187. The molecule has 0 radical (unpaired) electrons. The first-order valence-corrected chi connectivity index (χ1v) is 5.01. The molecule has 1 fully saturated rings. The van der Waals surface area contributed by atoms with E-state index in [4.69, 9.17) is 4.74 Å². The zero-order valence-corrected chi connectivity index (χ0v) is 7.88. The third-order valence-corrected chi connectivity index (χ3v) is 2.53. The van der Waals surface area contributed by atoms with E-state index in [1.165, 1.54) is 6.42 Å². The predicted octanol–water partition coefficient (Wildman–Crippen LogP) is -0.386. The van der Waals surface area contributed by atoms with Gasteiger partial charge < -0.3 is 15.4 Å². The highest BCUT2D eigenvalue weighted by molar-refractivity contribution is 5.83. The molecule has 2 aliphatic rings. The van der Waals surface area contributed by atoms with Crippen molar-refractivity contribution in [2.45, 2.75) is 6.42 Å². The Morgan fingerprint density at radius 3 is 3.31 bits per heavy atom. The average molecular weight is 183 g/mol. The highest BCUT2D eigenvalue weighted by Gasteiger charge is 2.14. The van der Waals surface area contributed by atoms with Gasteiger partial charge in [-0.15, -0.1) is 0 Å². The summed E-state index contributed by atoms with van der Waals surface area (Å²) in [6, 6.07) is 0. The fraction of sp³-hybridized carbons (Fsp3) is 0.889. The Morgan fingerprint density at radius 1 is 1.62 bits per heavy atom. The number of aliphatic imine (C=N–C) groups is 1. The SMILES string of the molecule is C1COCC(NCC2CCNC2)=N1. The summed E-state index contributed by atoms with van der Waals surface area (Å²) in [5, 5.41) is 6.70. The van der Waals surface area contributed by atoms with Gasteiger partial charge in [0.1, 0.15) is 12.4 Å². The average Bonchev–Trinajstić information content (AvgIpc) is 2.69. The molecule has 2 N–H and O–H groups in total. The van der Waals surface area contributed by atoms with Gasteiger partial charge in [-0.3, -0.25) is 4.99 Å². The number of ether oxygens (including phenoxy) is 1. The molecule has 0 spiro atoms. The number of hydrogen-bond donors (Lipinski definition) is 2. The minimum absolute atomic E-state index is 0.667. The number of rotatable bonds is 2. The van der Waals surface area contributed by atoms with Crippen LogP contribution in [-0.4, -0.2) is 45.2 Å². The van der Waals surface area contributed by atoms with E-state index < -0.39 is 0 Å². The van der Waals surface area contributed by atoms with Crippen LogP contribution in [-0.2, 0) is 4.74 Å². The van der Waals surface area contributed by atoms with Crippen molar-refractivity contribution in [3.63, 3.8) is 0 Å². The van der Waals surface area contributed by atoms with Crippen LogP contribution in [0, 0.1) is 5.92 Å². The number of amidine groups is 1. The van der Waals surface area contributed by atoms with E-state index in [1.807, 2.05) is 0 Å². The molecule has 13 heavy (non-hydrogen) atoms. The predicted molar refractivity (Wildman–Crippen MR) is 52.1 cm³/mol. The van der Waals surface area contributed by atoms with Crippen LogP contribution in [0.4, 0.5) is 0 Å². The van der Waals surface area contributed by atoms with Crippen LogP contribution in [0.1, 0.15) is 6.42 Å². The lowest BCUT2D eigenvalue weighted by Crippen LogP contribution is -2.35. The summed E-state index contributed by atoms with van der Waals surface area (Å²) in [5.74, 6) is 1.79. The molecule has 0 aromatic rings. The number of nitrogens with one attached hydrogen (secondary N) is 2. The first-order chi connectivity index (χ1) is 6.45. The fourth-order valence-corrected chi connectivity index (χ4v) is 1.72. The second-order valence-electron chi connectivity index (χ2n) is 3.62. The molecule has 1 atom stereocenters. The van der Waals surface area contributed by atoms with Gasteiger partial charge in [0.05, 0.1) is 13.2 Å². The summed E-state index contributed by atoms with van der Waals surface area (Å²) in [6.07, 6.45) is 1.28. The Kier molecular flexibility index (Phi) is 3.16. The van der Waals surface area contributed by atoms with Gasteiger partial charge in [0.2, 0.25) is 0 Å². The Morgan fingerprint density at radius 2 is 2.62 bits per heavy atom. The van der Waals surface area contributed by atoms with E-state index >= 15 is 0 Å². The maximum Gasteiger partial charge on any atom is 0.123 e. The van der Waals surface area contributed by atoms with E-state index in [0.29, 0.717) is 6.61 Å². The second kappa shape index (κ2) is 4.58. The smallest absolute Gasteiger partial charge is 0.123 e. The molecule has 4 nitrogen and oxygen atoms in total. The summed E-state index contributed by atoms with van der Waals surface area (Å²) in [7, 11) is 0. The number of nitrogens with zero attached hydrogens (tertiary/aromatic N) is 1. The van der Waals surface area contributed by atoms with Gasteiger partial charge in [-0.1, -0.05) is 0 Å². The Hall–Kier alpha value is -0.610. The molecular formula is C9H17N3O. The Labute approximate surface area is 78.8 Å². The Balaban J connectivity index is 1.68. The molecule has 0 bridgehead atoms. The summed E-state index contributed by atoms with van der Waals surface area (Å²) in [4.78, 5) is 4.35. The zero-order valence-electron chi connectivity index (χ0n) is 7.88. The highest BCUT2D eigenvalue weighted by atomic mass is 16.5. The topological polar surface area (TPSA) is 45.6 Å². The van der Waals surface area contributed by atoms with Gasteiger partial charge in [-0.05, 0) is 25.4 Å². The first kappa shape index (κ1) is 8.97. The summed E-state index contributed by atoms with van der Waals surface area (Å²) < 4.78 is 5.29. The zero-order chi connectivity index (χ0) is 8.93.